The predicted molar refractivity (Wildman–Crippen MR) is 64.0 cm³/mol. The maximum Gasteiger partial charge on any atom is 0.241 e. The topological polar surface area (TPSA) is 48.0 Å². The molecule has 1 amide bonds. The second-order valence-electron chi connectivity index (χ2n) is 3.42. The predicted octanol–water partition coefficient (Wildman–Crippen LogP) is 1.98. The SMILES string of the molecule is NC(=O)/C=C\c1cccc(-n2cccc2)c1. The number of nitrogens with two attached hydrogens (primary N) is 1. The molecule has 3 nitrogen and oxygen atoms in total. The Labute approximate surface area is 93.8 Å². The van der Waals surface area contributed by atoms with E-state index in [1.54, 1.807) is 6.08 Å². The van der Waals surface area contributed by atoms with E-state index in [0.717, 1.165) is 11.3 Å². The summed E-state index contributed by atoms with van der Waals surface area (Å²) >= 11 is 0. The molecule has 2 N–H and O–H groups in total. The van der Waals surface area contributed by atoms with E-state index in [0.29, 0.717) is 0 Å². The van der Waals surface area contributed by atoms with Gasteiger partial charge in [-0.1, -0.05) is 12.1 Å². The number of primary amides is 1. The van der Waals surface area contributed by atoms with Crippen LogP contribution in [0.2, 0.25) is 0 Å². The zero-order valence-electron chi connectivity index (χ0n) is 8.71. The molecule has 1 aromatic carbocycles. The van der Waals surface area contributed by atoms with Gasteiger partial charge >= 0.3 is 0 Å². The minimum atomic E-state index is -0.439. The van der Waals surface area contributed by atoms with Crippen LogP contribution in [0.4, 0.5) is 0 Å². The van der Waals surface area contributed by atoms with Crippen LogP contribution in [0.5, 0.6) is 0 Å². The van der Waals surface area contributed by atoms with Gasteiger partial charge in [0, 0.05) is 24.2 Å². The number of nitrogens with zero attached hydrogens (tertiary/aromatic N) is 1. The molecular formula is C13H12N2O. The molecule has 1 aromatic heterocycles. The summed E-state index contributed by atoms with van der Waals surface area (Å²) < 4.78 is 2.00. The molecular weight excluding hydrogens is 200 g/mol. The van der Waals surface area contributed by atoms with E-state index in [4.69, 9.17) is 5.73 Å². The Morgan fingerprint density at radius 3 is 2.62 bits per heavy atom. The van der Waals surface area contributed by atoms with Gasteiger partial charge in [0.25, 0.3) is 0 Å². The van der Waals surface area contributed by atoms with E-state index in [1.165, 1.54) is 6.08 Å². The van der Waals surface area contributed by atoms with Gasteiger partial charge in [0.2, 0.25) is 5.91 Å². The number of amides is 1. The molecule has 16 heavy (non-hydrogen) atoms. The minimum Gasteiger partial charge on any atom is -0.366 e. The van der Waals surface area contributed by atoms with Gasteiger partial charge in [-0.15, -0.1) is 0 Å². The Kier molecular flexibility index (Phi) is 2.87. The van der Waals surface area contributed by atoms with Crippen LogP contribution < -0.4 is 5.73 Å². The summed E-state index contributed by atoms with van der Waals surface area (Å²) in [5, 5.41) is 0. The van der Waals surface area contributed by atoms with Gasteiger partial charge in [-0.05, 0) is 35.9 Å². The van der Waals surface area contributed by atoms with Crippen LogP contribution in [0.15, 0.2) is 54.9 Å². The second-order valence-corrected chi connectivity index (χ2v) is 3.42. The van der Waals surface area contributed by atoms with E-state index >= 15 is 0 Å². The van der Waals surface area contributed by atoms with Gasteiger partial charge in [-0.25, -0.2) is 0 Å². The van der Waals surface area contributed by atoms with Crippen molar-refractivity contribution in [2.75, 3.05) is 0 Å². The summed E-state index contributed by atoms with van der Waals surface area (Å²) in [5.74, 6) is -0.439. The lowest BCUT2D eigenvalue weighted by Gasteiger charge is -2.03. The highest BCUT2D eigenvalue weighted by Gasteiger charge is 1.95. The van der Waals surface area contributed by atoms with E-state index in [1.807, 2.05) is 53.4 Å². The van der Waals surface area contributed by atoms with Crippen LogP contribution in [-0.2, 0) is 4.79 Å². The van der Waals surface area contributed by atoms with Gasteiger partial charge in [0.1, 0.15) is 0 Å². The molecule has 0 atom stereocenters. The zero-order valence-corrected chi connectivity index (χ0v) is 8.71. The molecule has 0 aliphatic rings. The normalized spacial score (nSPS) is 10.8. The molecule has 0 fully saturated rings. The quantitative estimate of drug-likeness (QED) is 0.777. The summed E-state index contributed by atoms with van der Waals surface area (Å²) in [7, 11) is 0. The average molecular weight is 212 g/mol. The summed E-state index contributed by atoms with van der Waals surface area (Å²) in [4.78, 5) is 10.6. The number of benzene rings is 1. The summed E-state index contributed by atoms with van der Waals surface area (Å²) in [6, 6.07) is 11.8. The fourth-order valence-electron chi connectivity index (χ4n) is 1.47. The molecule has 0 spiro atoms. The van der Waals surface area contributed by atoms with Crippen molar-refractivity contribution in [1.82, 2.24) is 4.57 Å². The number of carbonyl (C=O) groups excluding carboxylic acids is 1. The zero-order chi connectivity index (χ0) is 11.4. The maximum absolute atomic E-state index is 10.6. The fourth-order valence-corrected chi connectivity index (χ4v) is 1.47. The van der Waals surface area contributed by atoms with Crippen LogP contribution in [0.3, 0.4) is 0 Å². The highest BCUT2D eigenvalue weighted by atomic mass is 16.1. The molecule has 0 aliphatic carbocycles. The third-order valence-electron chi connectivity index (χ3n) is 2.21. The third-order valence-corrected chi connectivity index (χ3v) is 2.21. The van der Waals surface area contributed by atoms with Crippen LogP contribution in [0, 0.1) is 0 Å². The molecule has 2 rings (SSSR count). The molecule has 0 saturated heterocycles. The number of hydrogen-bond donors (Lipinski definition) is 1. The van der Waals surface area contributed by atoms with Gasteiger partial charge < -0.3 is 10.3 Å². The Balaban J connectivity index is 2.30. The summed E-state index contributed by atoms with van der Waals surface area (Å²) in [5.41, 5.74) is 7.04. The second kappa shape index (κ2) is 4.49. The molecule has 0 bridgehead atoms. The van der Waals surface area contributed by atoms with Gasteiger partial charge in [-0.3, -0.25) is 4.79 Å². The van der Waals surface area contributed by atoms with Crippen molar-refractivity contribution in [3.05, 3.63) is 60.4 Å². The molecule has 0 radical (unpaired) electrons. The van der Waals surface area contributed by atoms with Crippen molar-refractivity contribution < 1.29 is 4.79 Å². The van der Waals surface area contributed by atoms with Crippen molar-refractivity contribution >= 4 is 12.0 Å². The standard InChI is InChI=1S/C13H12N2O/c14-13(16)7-6-11-4-3-5-12(10-11)15-8-1-2-9-15/h1-10H,(H2,14,16)/b7-6-. The number of rotatable bonds is 3. The average Bonchev–Trinajstić information content (AvgIpc) is 2.80. The maximum atomic E-state index is 10.6. The molecule has 3 heteroatoms. The van der Waals surface area contributed by atoms with E-state index in [-0.39, 0.29) is 0 Å². The van der Waals surface area contributed by atoms with Crippen LogP contribution in [-0.4, -0.2) is 10.5 Å². The van der Waals surface area contributed by atoms with Crippen molar-refractivity contribution in [3.8, 4) is 5.69 Å². The first-order valence-corrected chi connectivity index (χ1v) is 4.96. The van der Waals surface area contributed by atoms with Crippen LogP contribution >= 0.6 is 0 Å². The number of aromatic nitrogens is 1. The number of carbonyl (C=O) groups is 1. The molecule has 80 valence electrons. The summed E-state index contributed by atoms with van der Waals surface area (Å²) in [6.07, 6.45) is 7.00. The summed E-state index contributed by atoms with van der Waals surface area (Å²) in [6.45, 7) is 0. The van der Waals surface area contributed by atoms with Crippen molar-refractivity contribution in [2.45, 2.75) is 0 Å². The lowest BCUT2D eigenvalue weighted by molar-refractivity contribution is -0.113. The lowest BCUT2D eigenvalue weighted by atomic mass is 10.2. The largest absolute Gasteiger partial charge is 0.366 e. The van der Waals surface area contributed by atoms with Gasteiger partial charge in [0.15, 0.2) is 0 Å². The molecule has 2 aromatic rings. The first-order valence-electron chi connectivity index (χ1n) is 4.96. The van der Waals surface area contributed by atoms with Crippen molar-refractivity contribution in [2.24, 2.45) is 5.73 Å². The van der Waals surface area contributed by atoms with E-state index in [9.17, 15) is 4.79 Å². The fraction of sp³-hybridized carbons (Fsp3) is 0. The monoisotopic (exact) mass is 212 g/mol. The first-order chi connectivity index (χ1) is 7.75. The Morgan fingerprint density at radius 2 is 1.94 bits per heavy atom. The molecule has 0 aliphatic heterocycles. The van der Waals surface area contributed by atoms with Gasteiger partial charge in [-0.2, -0.15) is 0 Å². The van der Waals surface area contributed by atoms with Crippen molar-refractivity contribution in [1.29, 1.82) is 0 Å². The molecule has 0 saturated carbocycles. The van der Waals surface area contributed by atoms with Crippen LogP contribution in [0.25, 0.3) is 11.8 Å². The van der Waals surface area contributed by atoms with Gasteiger partial charge in [0.05, 0.1) is 0 Å². The Bertz CT molecular complexity index is 512. The smallest absolute Gasteiger partial charge is 0.241 e. The third kappa shape index (κ3) is 2.39. The molecule has 1 heterocycles. The van der Waals surface area contributed by atoms with E-state index < -0.39 is 5.91 Å². The Morgan fingerprint density at radius 1 is 1.19 bits per heavy atom. The number of hydrogen-bond acceptors (Lipinski definition) is 1. The van der Waals surface area contributed by atoms with Crippen molar-refractivity contribution in [3.63, 3.8) is 0 Å². The lowest BCUT2D eigenvalue weighted by Crippen LogP contribution is -2.05. The first kappa shape index (κ1) is 10.2. The highest BCUT2D eigenvalue weighted by molar-refractivity contribution is 5.90. The van der Waals surface area contributed by atoms with E-state index in [2.05, 4.69) is 0 Å². The highest BCUT2D eigenvalue weighted by Crippen LogP contribution is 2.11. The minimum absolute atomic E-state index is 0.439. The van der Waals surface area contributed by atoms with Crippen LogP contribution in [0.1, 0.15) is 5.56 Å². The molecule has 0 unspecified atom stereocenters. The Hall–Kier alpha value is -2.29.